The molecule has 1 atom stereocenters. The molecule has 4 heterocycles. The van der Waals surface area contributed by atoms with Crippen LogP contribution in [0.5, 0.6) is 0 Å². The minimum atomic E-state index is -1.06. The molecule has 2 aromatic heterocycles. The Kier molecular flexibility index (Phi) is 5.78. The van der Waals surface area contributed by atoms with Crippen LogP contribution < -0.4 is 5.73 Å². The van der Waals surface area contributed by atoms with Crippen LogP contribution in [0.25, 0.3) is 22.6 Å². The molecule has 2 N–H and O–H groups in total. The molecule has 11 heteroatoms. The molecule has 1 amide bonds. The normalized spacial score (nSPS) is 18.9. The SMILES string of the molecule is CN1CCC[C@H]1C(=O)N1CC=C(c2cnc(N)c(-c3nnnn3-c3cccc(F)c3F)c2)CC1. The van der Waals surface area contributed by atoms with Gasteiger partial charge in [0.1, 0.15) is 11.5 Å². The average Bonchev–Trinajstić information content (AvgIpc) is 3.50. The summed E-state index contributed by atoms with van der Waals surface area (Å²) in [6.45, 7) is 2.08. The van der Waals surface area contributed by atoms with Crippen molar-refractivity contribution in [2.24, 2.45) is 0 Å². The molecular weight excluding hydrogens is 442 g/mol. The van der Waals surface area contributed by atoms with E-state index in [9.17, 15) is 13.6 Å². The molecule has 1 fully saturated rings. The summed E-state index contributed by atoms with van der Waals surface area (Å²) >= 11 is 0. The number of halogens is 2. The first-order valence-electron chi connectivity index (χ1n) is 11.1. The van der Waals surface area contributed by atoms with Gasteiger partial charge in [0.25, 0.3) is 0 Å². The van der Waals surface area contributed by atoms with Crippen LogP contribution in [0.15, 0.2) is 36.5 Å². The van der Waals surface area contributed by atoms with Crippen molar-refractivity contribution >= 4 is 17.3 Å². The number of aromatic nitrogens is 5. The molecule has 9 nitrogen and oxygen atoms in total. The van der Waals surface area contributed by atoms with Gasteiger partial charge in [-0.05, 0) is 72.6 Å². The van der Waals surface area contributed by atoms with Gasteiger partial charge in [-0.2, -0.15) is 4.68 Å². The molecule has 0 radical (unpaired) electrons. The Balaban J connectivity index is 1.42. The van der Waals surface area contributed by atoms with E-state index in [1.807, 2.05) is 18.0 Å². The lowest BCUT2D eigenvalue weighted by Crippen LogP contribution is -2.45. The number of tetrazole rings is 1. The summed E-state index contributed by atoms with van der Waals surface area (Å²) in [6, 6.07) is 5.52. The second-order valence-corrected chi connectivity index (χ2v) is 8.55. The van der Waals surface area contributed by atoms with Crippen molar-refractivity contribution < 1.29 is 13.6 Å². The molecule has 2 aliphatic rings. The Bertz CT molecular complexity index is 1270. The van der Waals surface area contributed by atoms with E-state index >= 15 is 0 Å². The number of carbonyl (C=O) groups is 1. The Labute approximate surface area is 194 Å². The minimum Gasteiger partial charge on any atom is -0.383 e. The molecule has 5 rings (SSSR count). The van der Waals surface area contributed by atoms with Crippen LogP contribution in [-0.4, -0.2) is 73.6 Å². The van der Waals surface area contributed by atoms with Crippen LogP contribution in [0.4, 0.5) is 14.6 Å². The standard InChI is InChI=1S/C23H24F2N8O/c1-31-9-3-6-19(31)23(34)32-10-7-14(8-11-32)15-12-16(21(26)27-13-15)22-28-29-30-33(22)18-5-2-4-17(24)20(18)25/h2,4-5,7,12-13,19H,3,6,8-11H2,1H3,(H2,26,27)/t19-/m0/s1. The summed E-state index contributed by atoms with van der Waals surface area (Å²) in [5, 5.41) is 11.4. The lowest BCUT2D eigenvalue weighted by Gasteiger charge is -2.31. The molecule has 0 bridgehead atoms. The van der Waals surface area contributed by atoms with Gasteiger partial charge in [-0.15, -0.1) is 5.10 Å². The van der Waals surface area contributed by atoms with E-state index in [0.717, 1.165) is 41.3 Å². The van der Waals surface area contributed by atoms with Gasteiger partial charge in [0.15, 0.2) is 17.5 Å². The second-order valence-electron chi connectivity index (χ2n) is 8.55. The number of nitrogens with two attached hydrogens (primary N) is 1. The van der Waals surface area contributed by atoms with Gasteiger partial charge in [0, 0.05) is 19.3 Å². The smallest absolute Gasteiger partial charge is 0.240 e. The zero-order chi connectivity index (χ0) is 23.8. The van der Waals surface area contributed by atoms with Crippen LogP contribution in [-0.2, 0) is 4.79 Å². The van der Waals surface area contributed by atoms with Crippen molar-refractivity contribution in [2.75, 3.05) is 32.4 Å². The van der Waals surface area contributed by atoms with Gasteiger partial charge in [-0.25, -0.2) is 13.8 Å². The van der Waals surface area contributed by atoms with E-state index < -0.39 is 11.6 Å². The molecule has 0 spiro atoms. The van der Waals surface area contributed by atoms with E-state index in [-0.39, 0.29) is 29.3 Å². The molecule has 2 aliphatic heterocycles. The molecule has 3 aromatic rings. The predicted octanol–water partition coefficient (Wildman–Crippen LogP) is 2.29. The molecule has 0 saturated carbocycles. The highest BCUT2D eigenvalue weighted by atomic mass is 19.2. The highest BCUT2D eigenvalue weighted by Crippen LogP contribution is 2.31. The number of carbonyl (C=O) groups excluding carboxylic acids is 1. The number of likely N-dealkylation sites (tertiary alicyclic amines) is 1. The lowest BCUT2D eigenvalue weighted by molar-refractivity contribution is -0.135. The number of likely N-dealkylation sites (N-methyl/N-ethyl adjacent to an activating group) is 1. The summed E-state index contributed by atoms with van der Waals surface area (Å²) in [5.74, 6) is -1.59. The van der Waals surface area contributed by atoms with Gasteiger partial charge in [-0.1, -0.05) is 12.1 Å². The van der Waals surface area contributed by atoms with E-state index in [2.05, 4.69) is 25.4 Å². The van der Waals surface area contributed by atoms with Crippen LogP contribution in [0.1, 0.15) is 24.8 Å². The average molecular weight is 466 g/mol. The summed E-state index contributed by atoms with van der Waals surface area (Å²) in [4.78, 5) is 21.2. The molecule has 0 unspecified atom stereocenters. The summed E-state index contributed by atoms with van der Waals surface area (Å²) in [5.41, 5.74) is 8.20. The third-order valence-corrected chi connectivity index (χ3v) is 6.49. The number of hydrogen-bond donors (Lipinski definition) is 1. The molecule has 1 aromatic carbocycles. The van der Waals surface area contributed by atoms with Crippen molar-refractivity contribution in [3.63, 3.8) is 0 Å². The summed E-state index contributed by atoms with van der Waals surface area (Å²) in [6.07, 6.45) is 6.28. The zero-order valence-corrected chi connectivity index (χ0v) is 18.7. The third kappa shape index (κ3) is 3.92. The highest BCUT2D eigenvalue weighted by molar-refractivity contribution is 5.84. The van der Waals surface area contributed by atoms with Crippen molar-refractivity contribution in [1.29, 1.82) is 0 Å². The zero-order valence-electron chi connectivity index (χ0n) is 18.7. The van der Waals surface area contributed by atoms with E-state index in [4.69, 9.17) is 5.73 Å². The number of rotatable bonds is 4. The first-order valence-corrected chi connectivity index (χ1v) is 11.1. The second kappa shape index (κ2) is 8.90. The van der Waals surface area contributed by atoms with Gasteiger partial charge < -0.3 is 10.6 Å². The molecule has 1 saturated heterocycles. The third-order valence-electron chi connectivity index (χ3n) is 6.49. The Morgan fingerprint density at radius 1 is 1.24 bits per heavy atom. The van der Waals surface area contributed by atoms with Crippen molar-refractivity contribution in [1.82, 2.24) is 35.0 Å². The fraction of sp³-hybridized carbons (Fsp3) is 0.348. The van der Waals surface area contributed by atoms with Crippen LogP contribution in [0.2, 0.25) is 0 Å². The summed E-state index contributed by atoms with van der Waals surface area (Å²) in [7, 11) is 1.99. The van der Waals surface area contributed by atoms with Crippen LogP contribution in [0, 0.1) is 11.6 Å². The van der Waals surface area contributed by atoms with E-state index in [0.29, 0.717) is 25.1 Å². The minimum absolute atomic E-state index is 0.0400. The quantitative estimate of drug-likeness (QED) is 0.629. The number of benzene rings is 1. The first-order chi connectivity index (χ1) is 16.4. The van der Waals surface area contributed by atoms with Crippen molar-refractivity contribution in [3.8, 4) is 17.1 Å². The number of nitrogens with zero attached hydrogens (tertiary/aromatic N) is 7. The van der Waals surface area contributed by atoms with Crippen molar-refractivity contribution in [3.05, 3.63) is 53.7 Å². The van der Waals surface area contributed by atoms with Crippen LogP contribution in [0.3, 0.4) is 0 Å². The van der Waals surface area contributed by atoms with E-state index in [1.165, 1.54) is 12.1 Å². The Morgan fingerprint density at radius 2 is 2.09 bits per heavy atom. The maximum atomic E-state index is 14.4. The van der Waals surface area contributed by atoms with Gasteiger partial charge in [0.05, 0.1) is 11.6 Å². The summed E-state index contributed by atoms with van der Waals surface area (Å²) < 4.78 is 29.3. The number of hydrogen-bond acceptors (Lipinski definition) is 7. The van der Waals surface area contributed by atoms with Gasteiger partial charge in [0.2, 0.25) is 5.91 Å². The van der Waals surface area contributed by atoms with E-state index in [1.54, 1.807) is 12.3 Å². The topological polar surface area (TPSA) is 106 Å². The molecule has 34 heavy (non-hydrogen) atoms. The van der Waals surface area contributed by atoms with Gasteiger partial charge >= 0.3 is 0 Å². The maximum absolute atomic E-state index is 14.4. The Hall–Kier alpha value is -3.73. The maximum Gasteiger partial charge on any atom is 0.240 e. The lowest BCUT2D eigenvalue weighted by atomic mass is 9.98. The van der Waals surface area contributed by atoms with Crippen LogP contribution >= 0.6 is 0 Å². The highest BCUT2D eigenvalue weighted by Gasteiger charge is 2.32. The molecular formula is C23H24F2N8O. The molecule has 0 aliphatic carbocycles. The molecule has 176 valence electrons. The number of pyridine rings is 1. The van der Waals surface area contributed by atoms with Crippen molar-refractivity contribution in [2.45, 2.75) is 25.3 Å². The predicted molar refractivity (Wildman–Crippen MR) is 122 cm³/mol. The number of amides is 1. The van der Waals surface area contributed by atoms with Gasteiger partial charge in [-0.3, -0.25) is 9.69 Å². The number of anilines is 1. The largest absolute Gasteiger partial charge is 0.383 e. The first kappa shape index (κ1) is 22.1. The monoisotopic (exact) mass is 466 g/mol. The fourth-order valence-corrected chi connectivity index (χ4v) is 4.57. The Morgan fingerprint density at radius 3 is 2.82 bits per heavy atom. The fourth-order valence-electron chi connectivity index (χ4n) is 4.57. The number of nitrogen functional groups attached to an aromatic ring is 1.